The molecule has 3 rings (SSSR count). The molecule has 0 radical (unpaired) electrons. The minimum Gasteiger partial charge on any atom is -0.459 e. The molecule has 0 aliphatic carbocycles. The lowest BCUT2D eigenvalue weighted by Crippen LogP contribution is -2.53. The van der Waals surface area contributed by atoms with Gasteiger partial charge in [-0.05, 0) is 37.0 Å². The molecule has 1 aliphatic heterocycles. The van der Waals surface area contributed by atoms with Gasteiger partial charge in [0.05, 0.1) is 6.26 Å². The number of furan rings is 1. The Kier molecular flexibility index (Phi) is 6.25. The van der Waals surface area contributed by atoms with E-state index < -0.39 is 18.0 Å². The molecule has 142 valence electrons. The highest BCUT2D eigenvalue weighted by molar-refractivity contribution is 5.96. The summed E-state index contributed by atoms with van der Waals surface area (Å²) >= 11 is 0. The lowest BCUT2D eigenvalue weighted by atomic mass is 10.0. The number of benzene rings is 1. The van der Waals surface area contributed by atoms with Crippen LogP contribution in [0, 0.1) is 0 Å². The first-order valence-corrected chi connectivity index (χ1v) is 9.10. The van der Waals surface area contributed by atoms with Gasteiger partial charge >= 0.3 is 0 Å². The summed E-state index contributed by atoms with van der Waals surface area (Å²) in [6, 6.07) is 11.1. The van der Waals surface area contributed by atoms with Crippen molar-refractivity contribution < 1.29 is 18.8 Å². The van der Waals surface area contributed by atoms with E-state index in [1.165, 1.54) is 12.3 Å². The van der Waals surface area contributed by atoms with E-state index in [9.17, 15) is 14.4 Å². The molecule has 2 heterocycles. The van der Waals surface area contributed by atoms with Gasteiger partial charge in [0.25, 0.3) is 5.91 Å². The molecule has 7 nitrogen and oxygen atoms in total. The zero-order valence-electron chi connectivity index (χ0n) is 14.9. The van der Waals surface area contributed by atoms with Crippen LogP contribution in [0.3, 0.4) is 0 Å². The number of rotatable bonds is 6. The molecule has 0 saturated carbocycles. The van der Waals surface area contributed by atoms with Crippen molar-refractivity contribution in [1.29, 1.82) is 0 Å². The normalized spacial score (nSPS) is 18.1. The molecule has 3 N–H and O–H groups in total. The fraction of sp³-hybridized carbons (Fsp3) is 0.350. The summed E-state index contributed by atoms with van der Waals surface area (Å²) in [5, 5.41) is 8.29. The molecule has 0 bridgehead atoms. The van der Waals surface area contributed by atoms with Crippen LogP contribution in [-0.4, -0.2) is 36.3 Å². The van der Waals surface area contributed by atoms with Crippen molar-refractivity contribution in [3.05, 3.63) is 60.1 Å². The Morgan fingerprint density at radius 1 is 1.15 bits per heavy atom. The molecule has 2 unspecified atom stereocenters. The van der Waals surface area contributed by atoms with Gasteiger partial charge in [-0.15, -0.1) is 0 Å². The summed E-state index contributed by atoms with van der Waals surface area (Å²) in [7, 11) is 0. The molecule has 3 amide bonds. The number of nitrogens with one attached hydrogen (secondary N) is 3. The maximum Gasteiger partial charge on any atom is 0.287 e. The molecule has 0 spiro atoms. The Morgan fingerprint density at radius 2 is 1.96 bits per heavy atom. The van der Waals surface area contributed by atoms with E-state index in [0.29, 0.717) is 19.4 Å². The second kappa shape index (κ2) is 9.02. The van der Waals surface area contributed by atoms with Gasteiger partial charge in [0.2, 0.25) is 11.8 Å². The third-order valence-electron chi connectivity index (χ3n) is 4.50. The largest absolute Gasteiger partial charge is 0.459 e. The number of carbonyl (C=O) groups excluding carboxylic acids is 3. The lowest BCUT2D eigenvalue weighted by Gasteiger charge is -2.22. The van der Waals surface area contributed by atoms with Gasteiger partial charge in [-0.2, -0.15) is 0 Å². The van der Waals surface area contributed by atoms with Gasteiger partial charge in [-0.25, -0.2) is 0 Å². The standard InChI is InChI=1S/C20H23N3O4/c24-18-15(9-4-5-11-21-18)22-19(25)16(13-14-7-2-1-3-8-14)23-20(26)17-10-6-12-27-17/h1-3,6-8,10,12,15-16H,4-5,9,11,13H2,(H,21,24)(H,22,25)(H,23,26). The van der Waals surface area contributed by atoms with Crippen molar-refractivity contribution in [3.63, 3.8) is 0 Å². The lowest BCUT2D eigenvalue weighted by molar-refractivity contribution is -0.129. The minimum absolute atomic E-state index is 0.132. The van der Waals surface area contributed by atoms with Gasteiger partial charge < -0.3 is 20.4 Å². The van der Waals surface area contributed by atoms with Gasteiger partial charge in [-0.1, -0.05) is 30.3 Å². The maximum atomic E-state index is 12.8. The Hall–Kier alpha value is -3.09. The topological polar surface area (TPSA) is 100 Å². The smallest absolute Gasteiger partial charge is 0.287 e. The average molecular weight is 369 g/mol. The molecule has 1 aromatic heterocycles. The molecular formula is C20H23N3O4. The van der Waals surface area contributed by atoms with E-state index in [2.05, 4.69) is 16.0 Å². The van der Waals surface area contributed by atoms with Crippen molar-refractivity contribution in [1.82, 2.24) is 16.0 Å². The quantitative estimate of drug-likeness (QED) is 0.717. The fourth-order valence-corrected chi connectivity index (χ4v) is 3.05. The Balaban J connectivity index is 1.72. The first-order valence-electron chi connectivity index (χ1n) is 9.10. The van der Waals surface area contributed by atoms with Crippen LogP contribution in [0.4, 0.5) is 0 Å². The molecule has 1 saturated heterocycles. The number of hydrogen-bond donors (Lipinski definition) is 3. The first kappa shape index (κ1) is 18.7. The zero-order valence-corrected chi connectivity index (χ0v) is 14.9. The van der Waals surface area contributed by atoms with Crippen LogP contribution in [0.5, 0.6) is 0 Å². The predicted molar refractivity (Wildman–Crippen MR) is 98.9 cm³/mol. The molecule has 2 atom stereocenters. The van der Waals surface area contributed by atoms with Crippen molar-refractivity contribution in [2.75, 3.05) is 6.54 Å². The second-order valence-corrected chi connectivity index (χ2v) is 6.54. The van der Waals surface area contributed by atoms with E-state index in [0.717, 1.165) is 18.4 Å². The highest BCUT2D eigenvalue weighted by Gasteiger charge is 2.28. The van der Waals surface area contributed by atoms with Gasteiger partial charge in [0.1, 0.15) is 12.1 Å². The molecule has 27 heavy (non-hydrogen) atoms. The number of carbonyl (C=O) groups is 3. The third-order valence-corrected chi connectivity index (χ3v) is 4.50. The van der Waals surface area contributed by atoms with Crippen LogP contribution in [0.2, 0.25) is 0 Å². The van der Waals surface area contributed by atoms with Crippen molar-refractivity contribution in [2.24, 2.45) is 0 Å². The van der Waals surface area contributed by atoms with Crippen LogP contribution in [0.25, 0.3) is 0 Å². The van der Waals surface area contributed by atoms with Crippen molar-refractivity contribution in [3.8, 4) is 0 Å². The molecule has 1 aliphatic rings. The van der Waals surface area contributed by atoms with Gasteiger partial charge in [0.15, 0.2) is 5.76 Å². The van der Waals surface area contributed by atoms with Crippen molar-refractivity contribution in [2.45, 2.75) is 37.8 Å². The number of amides is 3. The Morgan fingerprint density at radius 3 is 2.70 bits per heavy atom. The number of hydrogen-bond acceptors (Lipinski definition) is 4. The highest BCUT2D eigenvalue weighted by atomic mass is 16.3. The summed E-state index contributed by atoms with van der Waals surface area (Å²) in [5.41, 5.74) is 0.905. The molecule has 1 aromatic carbocycles. The summed E-state index contributed by atoms with van der Waals surface area (Å²) in [6.45, 7) is 0.619. The van der Waals surface area contributed by atoms with E-state index in [1.54, 1.807) is 6.07 Å². The maximum absolute atomic E-state index is 12.8. The van der Waals surface area contributed by atoms with Crippen LogP contribution >= 0.6 is 0 Å². The molecule has 2 aromatic rings. The third kappa shape index (κ3) is 5.20. The minimum atomic E-state index is -0.818. The van der Waals surface area contributed by atoms with Gasteiger partial charge in [-0.3, -0.25) is 14.4 Å². The second-order valence-electron chi connectivity index (χ2n) is 6.54. The highest BCUT2D eigenvalue weighted by Crippen LogP contribution is 2.09. The van der Waals surface area contributed by atoms with E-state index in [-0.39, 0.29) is 17.6 Å². The molecule has 7 heteroatoms. The SMILES string of the molecule is O=C(NC(Cc1ccccc1)C(=O)NC1CCCCNC1=O)c1ccco1. The van der Waals surface area contributed by atoms with E-state index in [1.807, 2.05) is 30.3 Å². The van der Waals surface area contributed by atoms with E-state index in [4.69, 9.17) is 4.42 Å². The van der Waals surface area contributed by atoms with Gasteiger partial charge in [0, 0.05) is 13.0 Å². The van der Waals surface area contributed by atoms with Crippen LogP contribution < -0.4 is 16.0 Å². The first-order chi connectivity index (χ1) is 13.1. The summed E-state index contributed by atoms with van der Waals surface area (Å²) in [4.78, 5) is 37.3. The van der Waals surface area contributed by atoms with Crippen LogP contribution in [0.1, 0.15) is 35.4 Å². The monoisotopic (exact) mass is 369 g/mol. The summed E-state index contributed by atoms with van der Waals surface area (Å²) in [6.07, 6.45) is 4.04. The van der Waals surface area contributed by atoms with Crippen molar-refractivity contribution >= 4 is 17.7 Å². The summed E-state index contributed by atoms with van der Waals surface area (Å²) < 4.78 is 5.10. The van der Waals surface area contributed by atoms with Crippen LogP contribution in [-0.2, 0) is 16.0 Å². The van der Waals surface area contributed by atoms with Crippen LogP contribution in [0.15, 0.2) is 53.1 Å². The van der Waals surface area contributed by atoms with E-state index >= 15 is 0 Å². The predicted octanol–water partition coefficient (Wildman–Crippen LogP) is 1.41. The fourth-order valence-electron chi connectivity index (χ4n) is 3.05. The molecule has 1 fully saturated rings. The Bertz CT molecular complexity index is 774. The zero-order chi connectivity index (χ0) is 19.1. The average Bonchev–Trinajstić information content (AvgIpc) is 3.14. The summed E-state index contributed by atoms with van der Waals surface area (Å²) in [5.74, 6) is -0.910. The Labute approximate surface area is 157 Å². The molecular weight excluding hydrogens is 346 g/mol.